The lowest BCUT2D eigenvalue weighted by Crippen LogP contribution is -2.14. The molecule has 1 aliphatic heterocycles. The van der Waals surface area contributed by atoms with E-state index in [0.717, 1.165) is 5.56 Å². The summed E-state index contributed by atoms with van der Waals surface area (Å²) in [5, 5.41) is 6.26. The normalized spacial score (nSPS) is 13.1. The van der Waals surface area contributed by atoms with Gasteiger partial charge in [0.05, 0.1) is 17.3 Å². The molecule has 2 heterocycles. The third-order valence-electron chi connectivity index (χ3n) is 2.98. The molecule has 0 aliphatic carbocycles. The lowest BCUT2D eigenvalue weighted by Gasteiger charge is -2.08. The van der Waals surface area contributed by atoms with E-state index in [-0.39, 0.29) is 5.91 Å². The van der Waals surface area contributed by atoms with Crippen LogP contribution >= 0.6 is 11.6 Å². The first-order valence-electron chi connectivity index (χ1n) is 5.82. The first kappa shape index (κ1) is 11.9. The second-order valence-corrected chi connectivity index (χ2v) is 4.54. The van der Waals surface area contributed by atoms with Crippen LogP contribution in [0.5, 0.6) is 0 Å². The van der Waals surface area contributed by atoms with Crippen LogP contribution in [0.3, 0.4) is 0 Å². The molecular formula is C13H11ClN4O. The van der Waals surface area contributed by atoms with Crippen molar-refractivity contribution in [3.8, 4) is 11.4 Å². The smallest absolute Gasteiger partial charge is 0.257 e. The number of nitrogens with zero attached hydrogens (tertiary/aromatic N) is 2. The van der Waals surface area contributed by atoms with E-state index >= 15 is 0 Å². The molecule has 6 heteroatoms. The van der Waals surface area contributed by atoms with Crippen molar-refractivity contribution in [3.63, 3.8) is 0 Å². The lowest BCUT2D eigenvalue weighted by atomic mass is 10.2. The molecule has 19 heavy (non-hydrogen) atoms. The van der Waals surface area contributed by atoms with E-state index in [1.807, 2.05) is 18.2 Å². The summed E-state index contributed by atoms with van der Waals surface area (Å²) in [4.78, 5) is 20.5. The van der Waals surface area contributed by atoms with E-state index in [0.29, 0.717) is 34.5 Å². The monoisotopic (exact) mass is 274 g/mol. The molecule has 0 saturated carbocycles. The van der Waals surface area contributed by atoms with Crippen molar-refractivity contribution in [2.24, 2.45) is 0 Å². The maximum atomic E-state index is 11.7. The van der Waals surface area contributed by atoms with Crippen LogP contribution in [0.15, 0.2) is 24.3 Å². The lowest BCUT2D eigenvalue weighted by molar-refractivity contribution is 0.0966. The second kappa shape index (κ2) is 4.51. The summed E-state index contributed by atoms with van der Waals surface area (Å²) in [6.45, 7) is 0.419. The summed E-state index contributed by atoms with van der Waals surface area (Å²) < 4.78 is 0. The maximum Gasteiger partial charge on any atom is 0.257 e. The van der Waals surface area contributed by atoms with Crippen molar-refractivity contribution < 1.29 is 4.79 Å². The Labute approximate surface area is 115 Å². The second-order valence-electron chi connectivity index (χ2n) is 4.13. The van der Waals surface area contributed by atoms with Crippen LogP contribution in [-0.2, 0) is 6.54 Å². The molecular weight excluding hydrogens is 264 g/mol. The van der Waals surface area contributed by atoms with Crippen LogP contribution in [0.25, 0.3) is 11.4 Å². The molecule has 1 aliphatic rings. The number of amides is 1. The van der Waals surface area contributed by atoms with Crippen LogP contribution in [0.2, 0.25) is 5.02 Å². The molecule has 2 aromatic rings. The van der Waals surface area contributed by atoms with Gasteiger partial charge in [-0.2, -0.15) is 0 Å². The topological polar surface area (TPSA) is 66.9 Å². The number of hydrogen-bond donors (Lipinski definition) is 2. The molecule has 2 N–H and O–H groups in total. The van der Waals surface area contributed by atoms with Gasteiger partial charge in [0.1, 0.15) is 11.4 Å². The number of hydrogen-bond acceptors (Lipinski definition) is 4. The van der Waals surface area contributed by atoms with Gasteiger partial charge in [0, 0.05) is 12.6 Å². The molecule has 0 radical (unpaired) electrons. The molecule has 0 unspecified atom stereocenters. The van der Waals surface area contributed by atoms with Crippen molar-refractivity contribution in [1.82, 2.24) is 15.3 Å². The van der Waals surface area contributed by atoms with Gasteiger partial charge in [0.2, 0.25) is 0 Å². The molecule has 1 aromatic carbocycles. The van der Waals surface area contributed by atoms with E-state index in [1.165, 1.54) is 0 Å². The zero-order chi connectivity index (χ0) is 13.4. The molecule has 0 bridgehead atoms. The average molecular weight is 275 g/mol. The van der Waals surface area contributed by atoms with E-state index < -0.39 is 0 Å². The SMILES string of the molecule is CNc1nc(-c2ccccc2Cl)nc2c1C(=O)NC2. The molecule has 0 saturated heterocycles. The molecule has 1 amide bonds. The highest BCUT2D eigenvalue weighted by atomic mass is 35.5. The van der Waals surface area contributed by atoms with Crippen molar-refractivity contribution in [3.05, 3.63) is 40.5 Å². The average Bonchev–Trinajstić information content (AvgIpc) is 2.80. The van der Waals surface area contributed by atoms with Gasteiger partial charge in [-0.1, -0.05) is 23.7 Å². The Morgan fingerprint density at radius 1 is 1.32 bits per heavy atom. The van der Waals surface area contributed by atoms with Gasteiger partial charge < -0.3 is 10.6 Å². The Kier molecular flexibility index (Phi) is 2.83. The van der Waals surface area contributed by atoms with Crippen molar-refractivity contribution in [2.45, 2.75) is 6.54 Å². The van der Waals surface area contributed by atoms with Gasteiger partial charge >= 0.3 is 0 Å². The summed E-state index contributed by atoms with van der Waals surface area (Å²) in [5.41, 5.74) is 1.96. The maximum absolute atomic E-state index is 11.7. The van der Waals surface area contributed by atoms with Crippen LogP contribution in [0.1, 0.15) is 16.1 Å². The summed E-state index contributed by atoms with van der Waals surface area (Å²) in [7, 11) is 1.73. The summed E-state index contributed by atoms with van der Waals surface area (Å²) in [6, 6.07) is 7.37. The summed E-state index contributed by atoms with van der Waals surface area (Å²) >= 11 is 6.15. The zero-order valence-electron chi connectivity index (χ0n) is 10.2. The van der Waals surface area contributed by atoms with E-state index in [4.69, 9.17) is 11.6 Å². The molecule has 5 nitrogen and oxygen atoms in total. The minimum absolute atomic E-state index is 0.148. The van der Waals surface area contributed by atoms with E-state index in [2.05, 4.69) is 20.6 Å². The minimum Gasteiger partial charge on any atom is -0.372 e. The van der Waals surface area contributed by atoms with Crippen molar-refractivity contribution in [1.29, 1.82) is 0 Å². The standard InChI is InChI=1S/C13H11ClN4O/c1-15-12-10-9(6-16-13(10)19)17-11(18-12)7-4-2-3-5-8(7)14/h2-5H,6H2,1H3,(H,16,19)(H,15,17,18). The number of aromatic nitrogens is 2. The number of carbonyl (C=O) groups excluding carboxylic acids is 1. The van der Waals surface area contributed by atoms with Crippen LogP contribution in [-0.4, -0.2) is 22.9 Å². The first-order chi connectivity index (χ1) is 9.20. The van der Waals surface area contributed by atoms with Gasteiger partial charge in [-0.3, -0.25) is 4.79 Å². The van der Waals surface area contributed by atoms with Crippen LogP contribution in [0, 0.1) is 0 Å². The fourth-order valence-electron chi connectivity index (χ4n) is 2.07. The highest BCUT2D eigenvalue weighted by molar-refractivity contribution is 6.33. The Hall–Kier alpha value is -2.14. The van der Waals surface area contributed by atoms with E-state index in [9.17, 15) is 4.79 Å². The predicted molar refractivity (Wildman–Crippen MR) is 73.2 cm³/mol. The molecule has 0 spiro atoms. The van der Waals surface area contributed by atoms with Crippen LogP contribution in [0.4, 0.5) is 5.82 Å². The molecule has 3 rings (SSSR count). The molecule has 96 valence electrons. The number of benzene rings is 1. The first-order valence-corrected chi connectivity index (χ1v) is 6.20. The summed E-state index contributed by atoms with van der Waals surface area (Å²) in [6.07, 6.45) is 0. The van der Waals surface area contributed by atoms with Crippen LogP contribution < -0.4 is 10.6 Å². The Bertz CT molecular complexity index is 672. The number of halogens is 1. The fraction of sp³-hybridized carbons (Fsp3) is 0.154. The predicted octanol–water partition coefficient (Wildman–Crippen LogP) is 2.08. The molecule has 0 fully saturated rings. The third kappa shape index (κ3) is 1.92. The number of rotatable bonds is 2. The molecule has 1 aromatic heterocycles. The Morgan fingerprint density at radius 2 is 2.11 bits per heavy atom. The third-order valence-corrected chi connectivity index (χ3v) is 3.31. The number of nitrogens with one attached hydrogen (secondary N) is 2. The van der Waals surface area contributed by atoms with Gasteiger partial charge in [-0.15, -0.1) is 0 Å². The fourth-order valence-corrected chi connectivity index (χ4v) is 2.29. The Balaban J connectivity index is 2.20. The Morgan fingerprint density at radius 3 is 2.84 bits per heavy atom. The zero-order valence-corrected chi connectivity index (χ0v) is 11.0. The summed E-state index contributed by atoms with van der Waals surface area (Å²) in [5.74, 6) is 0.894. The van der Waals surface area contributed by atoms with Gasteiger partial charge in [-0.05, 0) is 12.1 Å². The van der Waals surface area contributed by atoms with Gasteiger partial charge in [0.25, 0.3) is 5.91 Å². The van der Waals surface area contributed by atoms with E-state index in [1.54, 1.807) is 13.1 Å². The number of fused-ring (bicyclic) bond motifs is 1. The number of anilines is 1. The molecule has 0 atom stereocenters. The minimum atomic E-state index is -0.148. The highest BCUT2D eigenvalue weighted by Gasteiger charge is 2.26. The quantitative estimate of drug-likeness (QED) is 0.880. The largest absolute Gasteiger partial charge is 0.372 e. The van der Waals surface area contributed by atoms with Crippen molar-refractivity contribution in [2.75, 3.05) is 12.4 Å². The van der Waals surface area contributed by atoms with Crippen molar-refractivity contribution >= 4 is 23.3 Å². The van der Waals surface area contributed by atoms with Gasteiger partial charge in [0.15, 0.2) is 5.82 Å². The van der Waals surface area contributed by atoms with Gasteiger partial charge in [-0.25, -0.2) is 9.97 Å². The highest BCUT2D eigenvalue weighted by Crippen LogP contribution is 2.29. The number of carbonyl (C=O) groups is 1.